The van der Waals surface area contributed by atoms with Gasteiger partial charge in [0.15, 0.2) is 0 Å². The van der Waals surface area contributed by atoms with E-state index in [1.54, 1.807) is 36.0 Å². The van der Waals surface area contributed by atoms with E-state index in [0.29, 0.717) is 15.5 Å². The second-order valence-electron chi connectivity index (χ2n) is 2.71. The van der Waals surface area contributed by atoms with E-state index in [1.807, 2.05) is 0 Å². The Labute approximate surface area is 90.2 Å². The van der Waals surface area contributed by atoms with Crippen LogP contribution in [0.25, 0.3) is 0 Å². The Morgan fingerprint density at radius 3 is 2.93 bits per heavy atom. The fourth-order valence-corrected chi connectivity index (χ4v) is 1.87. The Hall–Kier alpha value is -1.19. The zero-order chi connectivity index (χ0) is 9.97. The maximum Gasteiger partial charge on any atom is 0.204 e. The number of carbonyl (C=O) groups excluding carboxylic acids is 1. The van der Waals surface area contributed by atoms with Crippen LogP contribution in [0.2, 0.25) is 5.02 Å². The molecule has 1 heterocycles. The molecule has 0 saturated heterocycles. The molecule has 0 bridgehead atoms. The number of nitrogens with zero attached hydrogens (tertiary/aromatic N) is 1. The molecule has 0 fully saturated rings. The lowest BCUT2D eigenvalue weighted by Gasteiger charge is -1.97. The fraction of sp³-hybridized carbons (Fsp3) is 0. The Morgan fingerprint density at radius 2 is 2.29 bits per heavy atom. The van der Waals surface area contributed by atoms with Crippen LogP contribution in [0.3, 0.4) is 0 Å². The fourth-order valence-electron chi connectivity index (χ4n) is 1.10. The van der Waals surface area contributed by atoms with Gasteiger partial charge >= 0.3 is 0 Å². The summed E-state index contributed by atoms with van der Waals surface area (Å²) in [6.45, 7) is 0. The van der Waals surface area contributed by atoms with Crippen molar-refractivity contribution in [2.45, 2.75) is 0 Å². The molecule has 4 heteroatoms. The molecule has 1 aromatic heterocycles. The Kier molecular flexibility index (Phi) is 2.61. The van der Waals surface area contributed by atoms with E-state index in [1.165, 1.54) is 11.3 Å². The van der Waals surface area contributed by atoms with Gasteiger partial charge < -0.3 is 0 Å². The number of aromatic nitrogens is 1. The highest BCUT2D eigenvalue weighted by atomic mass is 35.5. The van der Waals surface area contributed by atoms with Crippen molar-refractivity contribution in [3.63, 3.8) is 0 Å². The zero-order valence-electron chi connectivity index (χ0n) is 7.11. The lowest BCUT2D eigenvalue weighted by Crippen LogP contribution is -1.97. The smallest absolute Gasteiger partial charge is 0.204 e. The first-order chi connectivity index (χ1) is 6.77. The minimum atomic E-state index is -0.0324. The molecule has 0 aliphatic heterocycles. The lowest BCUT2D eigenvalue weighted by atomic mass is 10.1. The molecule has 2 rings (SSSR count). The first kappa shape index (κ1) is 9.37. The van der Waals surface area contributed by atoms with Gasteiger partial charge in [-0.05, 0) is 12.1 Å². The Bertz CT molecular complexity index is 453. The third-order valence-electron chi connectivity index (χ3n) is 1.74. The molecule has 0 saturated carbocycles. The monoisotopic (exact) mass is 223 g/mol. The average Bonchev–Trinajstić information content (AvgIpc) is 2.69. The molecular formula is C10H6ClNOS. The molecular weight excluding hydrogens is 218 g/mol. The molecule has 0 atom stereocenters. The van der Waals surface area contributed by atoms with Crippen molar-refractivity contribution in [2.75, 3.05) is 0 Å². The molecule has 70 valence electrons. The van der Waals surface area contributed by atoms with Gasteiger partial charge in [-0.25, -0.2) is 0 Å². The van der Waals surface area contributed by atoms with Crippen LogP contribution in [-0.4, -0.2) is 10.8 Å². The minimum absolute atomic E-state index is 0.0324. The van der Waals surface area contributed by atoms with Gasteiger partial charge in [0.25, 0.3) is 0 Å². The van der Waals surface area contributed by atoms with Gasteiger partial charge in [0.1, 0.15) is 0 Å². The van der Waals surface area contributed by atoms with Crippen LogP contribution < -0.4 is 0 Å². The molecule has 0 aliphatic rings. The second-order valence-corrected chi connectivity index (χ2v) is 4.03. The summed E-state index contributed by atoms with van der Waals surface area (Å²) in [6.07, 6.45) is 1.56. The third-order valence-corrected chi connectivity index (χ3v) is 2.75. The van der Waals surface area contributed by atoms with Crippen LogP contribution >= 0.6 is 22.9 Å². The third kappa shape index (κ3) is 1.84. The molecule has 2 nitrogen and oxygen atoms in total. The molecule has 2 aromatic rings. The van der Waals surface area contributed by atoms with E-state index in [-0.39, 0.29) is 5.78 Å². The van der Waals surface area contributed by atoms with Crippen LogP contribution in [0, 0.1) is 0 Å². The van der Waals surface area contributed by atoms with Crippen molar-refractivity contribution in [2.24, 2.45) is 0 Å². The highest BCUT2D eigenvalue weighted by Gasteiger charge is 2.10. The first-order valence-corrected chi connectivity index (χ1v) is 5.22. The highest BCUT2D eigenvalue weighted by molar-refractivity contribution is 7.11. The average molecular weight is 224 g/mol. The van der Waals surface area contributed by atoms with E-state index in [2.05, 4.69) is 4.98 Å². The predicted octanol–water partition coefficient (Wildman–Crippen LogP) is 3.03. The van der Waals surface area contributed by atoms with E-state index >= 15 is 0 Å². The van der Waals surface area contributed by atoms with E-state index in [0.717, 1.165) is 0 Å². The Balaban J connectivity index is 2.37. The van der Waals surface area contributed by atoms with Gasteiger partial charge in [0.05, 0.1) is 10.4 Å². The quantitative estimate of drug-likeness (QED) is 0.733. The summed E-state index contributed by atoms with van der Waals surface area (Å²) in [6, 6.07) is 6.90. The van der Waals surface area contributed by atoms with Crippen LogP contribution in [0.1, 0.15) is 15.2 Å². The molecule has 0 spiro atoms. The number of benzene rings is 1. The first-order valence-electron chi connectivity index (χ1n) is 3.96. The summed E-state index contributed by atoms with van der Waals surface area (Å²) in [7, 11) is 0. The molecule has 0 aliphatic carbocycles. The zero-order valence-corrected chi connectivity index (χ0v) is 8.68. The number of ketones is 1. The summed E-state index contributed by atoms with van der Waals surface area (Å²) < 4.78 is 0. The molecule has 1 aromatic carbocycles. The number of rotatable bonds is 2. The summed E-state index contributed by atoms with van der Waals surface area (Å²) in [4.78, 5) is 16.3. The van der Waals surface area contributed by atoms with Gasteiger partial charge in [-0.3, -0.25) is 9.78 Å². The summed E-state index contributed by atoms with van der Waals surface area (Å²) >= 11 is 7.11. The summed E-state index contributed by atoms with van der Waals surface area (Å²) in [5, 5.41) is 0.570. The largest absolute Gasteiger partial charge is 0.288 e. The summed E-state index contributed by atoms with van der Waals surface area (Å²) in [5.74, 6) is -0.0324. The van der Waals surface area contributed by atoms with Crippen LogP contribution in [-0.2, 0) is 0 Å². The molecule has 0 radical (unpaired) electrons. The standard InChI is InChI=1S/C10H6ClNOS/c11-8-3-1-2-7(4-8)10(13)9-5-12-6-14-9/h1-6H. The topological polar surface area (TPSA) is 30.0 Å². The molecule has 14 heavy (non-hydrogen) atoms. The number of hydrogen-bond acceptors (Lipinski definition) is 3. The second kappa shape index (κ2) is 3.90. The van der Waals surface area contributed by atoms with Crippen LogP contribution in [0.15, 0.2) is 36.0 Å². The van der Waals surface area contributed by atoms with Crippen molar-refractivity contribution >= 4 is 28.7 Å². The van der Waals surface area contributed by atoms with E-state index in [4.69, 9.17) is 11.6 Å². The van der Waals surface area contributed by atoms with Crippen LogP contribution in [0.4, 0.5) is 0 Å². The van der Waals surface area contributed by atoms with Gasteiger partial charge in [-0.1, -0.05) is 23.7 Å². The van der Waals surface area contributed by atoms with E-state index in [9.17, 15) is 4.79 Å². The molecule has 0 amide bonds. The summed E-state index contributed by atoms with van der Waals surface area (Å²) in [5.41, 5.74) is 2.24. The number of thiazole rings is 1. The van der Waals surface area contributed by atoms with Crippen molar-refractivity contribution < 1.29 is 4.79 Å². The van der Waals surface area contributed by atoms with Crippen molar-refractivity contribution in [3.05, 3.63) is 51.4 Å². The maximum absolute atomic E-state index is 11.8. The number of halogens is 1. The van der Waals surface area contributed by atoms with Gasteiger partial charge in [0.2, 0.25) is 5.78 Å². The van der Waals surface area contributed by atoms with Crippen molar-refractivity contribution in [1.29, 1.82) is 0 Å². The number of carbonyl (C=O) groups is 1. The molecule has 0 N–H and O–H groups in total. The Morgan fingerprint density at radius 1 is 1.43 bits per heavy atom. The SMILES string of the molecule is O=C(c1cccc(Cl)c1)c1cncs1. The number of hydrogen-bond donors (Lipinski definition) is 0. The van der Waals surface area contributed by atoms with E-state index < -0.39 is 0 Å². The normalized spacial score (nSPS) is 10.1. The van der Waals surface area contributed by atoms with Crippen LogP contribution in [0.5, 0.6) is 0 Å². The van der Waals surface area contributed by atoms with Gasteiger partial charge in [-0.2, -0.15) is 0 Å². The lowest BCUT2D eigenvalue weighted by molar-refractivity contribution is 0.104. The van der Waals surface area contributed by atoms with Gasteiger partial charge in [0, 0.05) is 16.8 Å². The van der Waals surface area contributed by atoms with Crippen molar-refractivity contribution in [3.8, 4) is 0 Å². The minimum Gasteiger partial charge on any atom is -0.288 e. The highest BCUT2D eigenvalue weighted by Crippen LogP contribution is 2.16. The predicted molar refractivity (Wildman–Crippen MR) is 57.0 cm³/mol. The maximum atomic E-state index is 11.8. The van der Waals surface area contributed by atoms with Gasteiger partial charge in [-0.15, -0.1) is 11.3 Å². The van der Waals surface area contributed by atoms with Crippen molar-refractivity contribution in [1.82, 2.24) is 4.98 Å². The molecule has 0 unspecified atom stereocenters.